The first kappa shape index (κ1) is 19.8. The van der Waals surface area contributed by atoms with Crippen LogP contribution in [0.25, 0.3) is 11.2 Å². The molecule has 1 N–H and O–H groups in total. The lowest BCUT2D eigenvalue weighted by atomic mass is 9.93. The van der Waals surface area contributed by atoms with Crippen LogP contribution in [0.2, 0.25) is 0 Å². The molecule has 1 unspecified atom stereocenters. The summed E-state index contributed by atoms with van der Waals surface area (Å²) in [6.45, 7) is 6.18. The quantitative estimate of drug-likeness (QED) is 0.839. The number of hydrogen-bond donors (Lipinski definition) is 1. The number of aromatic nitrogens is 3. The van der Waals surface area contributed by atoms with Crippen molar-refractivity contribution >= 4 is 23.0 Å². The van der Waals surface area contributed by atoms with E-state index in [0.717, 1.165) is 49.0 Å². The number of anilines is 1. The van der Waals surface area contributed by atoms with Crippen molar-refractivity contribution in [3.8, 4) is 0 Å². The van der Waals surface area contributed by atoms with Gasteiger partial charge in [-0.05, 0) is 71.4 Å². The van der Waals surface area contributed by atoms with Gasteiger partial charge in [0.25, 0.3) is 0 Å². The van der Waals surface area contributed by atoms with E-state index in [-0.39, 0.29) is 25.0 Å². The van der Waals surface area contributed by atoms with Crippen molar-refractivity contribution in [1.82, 2.24) is 14.5 Å². The molecule has 1 aliphatic heterocycles. The maximum absolute atomic E-state index is 12.7. The van der Waals surface area contributed by atoms with Crippen LogP contribution >= 0.6 is 0 Å². The van der Waals surface area contributed by atoms with E-state index < -0.39 is 0 Å². The number of pyridine rings is 1. The molecule has 1 saturated carbocycles. The second kappa shape index (κ2) is 7.58. The molecule has 6 nitrogen and oxygen atoms in total. The van der Waals surface area contributed by atoms with E-state index >= 15 is 0 Å². The fraction of sp³-hybridized carbons (Fsp3) is 0.667. The number of nitrogens with zero attached hydrogens (tertiary/aromatic N) is 3. The lowest BCUT2D eigenvalue weighted by molar-refractivity contribution is -0.131. The van der Waals surface area contributed by atoms with E-state index in [1.54, 1.807) is 0 Å². The van der Waals surface area contributed by atoms with Gasteiger partial charge in [-0.3, -0.25) is 14.7 Å². The summed E-state index contributed by atoms with van der Waals surface area (Å²) in [5.41, 5.74) is 2.55. The van der Waals surface area contributed by atoms with Gasteiger partial charge < -0.3 is 4.74 Å². The third-order valence-electron chi connectivity index (χ3n) is 5.57. The molecule has 0 bridgehead atoms. The first-order chi connectivity index (χ1) is 12.4. The highest BCUT2D eigenvalue weighted by Gasteiger charge is 2.31. The smallest absolute Gasteiger partial charge is 0.229 e. The molecule has 4 rings (SSSR count). The van der Waals surface area contributed by atoms with Crippen molar-refractivity contribution in [2.45, 2.75) is 90.9 Å². The molecular formula is C21H32N4O2. The van der Waals surface area contributed by atoms with E-state index in [9.17, 15) is 4.79 Å². The molecule has 2 aromatic rings. The molecule has 2 fully saturated rings. The zero-order valence-corrected chi connectivity index (χ0v) is 15.9. The van der Waals surface area contributed by atoms with Crippen molar-refractivity contribution in [1.29, 1.82) is 0 Å². The largest absolute Gasteiger partial charge is 0.372 e. The summed E-state index contributed by atoms with van der Waals surface area (Å²) in [5.74, 6) is 0.600. The first-order valence-corrected chi connectivity index (χ1v) is 9.74. The predicted octanol–water partition coefficient (Wildman–Crippen LogP) is 4.78. The van der Waals surface area contributed by atoms with E-state index in [4.69, 9.17) is 4.74 Å². The van der Waals surface area contributed by atoms with E-state index in [1.807, 2.05) is 19.1 Å². The van der Waals surface area contributed by atoms with Crippen LogP contribution in [-0.2, 0) is 9.53 Å². The Hall–Kier alpha value is -1.95. The molecule has 1 atom stereocenters. The molecule has 6 heteroatoms. The van der Waals surface area contributed by atoms with Crippen molar-refractivity contribution in [3.63, 3.8) is 0 Å². The lowest BCUT2D eigenvalue weighted by Gasteiger charge is -2.35. The number of nitrogens with one attached hydrogen (secondary N) is 1. The van der Waals surface area contributed by atoms with Crippen molar-refractivity contribution in [3.05, 3.63) is 17.8 Å². The number of rotatable bonds is 4. The first-order valence-electron chi connectivity index (χ1n) is 9.74. The fourth-order valence-corrected chi connectivity index (χ4v) is 4.00. The molecule has 148 valence electrons. The summed E-state index contributed by atoms with van der Waals surface area (Å²) in [4.78, 5) is 22.0. The van der Waals surface area contributed by atoms with Crippen molar-refractivity contribution < 1.29 is 9.53 Å². The van der Waals surface area contributed by atoms with Crippen LogP contribution in [-0.4, -0.2) is 32.1 Å². The average molecular weight is 373 g/mol. The van der Waals surface area contributed by atoms with Gasteiger partial charge in [0.05, 0.1) is 18.1 Å². The number of fused-ring (bicyclic) bond motifs is 1. The molecule has 0 radical (unpaired) electrons. The Balaban J connectivity index is 0.00000210. The van der Waals surface area contributed by atoms with Gasteiger partial charge in [-0.15, -0.1) is 0 Å². The van der Waals surface area contributed by atoms with Crippen LogP contribution in [0.5, 0.6) is 0 Å². The highest BCUT2D eigenvalue weighted by atomic mass is 16.5. The Kier molecular flexibility index (Phi) is 5.56. The third kappa shape index (κ3) is 4.15. The Morgan fingerprint density at radius 3 is 2.70 bits per heavy atom. The highest BCUT2D eigenvalue weighted by Crippen LogP contribution is 2.37. The minimum Gasteiger partial charge on any atom is -0.372 e. The molecule has 3 heterocycles. The maximum Gasteiger partial charge on any atom is 0.229 e. The Morgan fingerprint density at radius 1 is 1.26 bits per heavy atom. The molecular weight excluding hydrogens is 340 g/mol. The van der Waals surface area contributed by atoms with Crippen LogP contribution in [0.1, 0.15) is 78.0 Å². The van der Waals surface area contributed by atoms with Crippen LogP contribution < -0.4 is 5.32 Å². The molecule has 1 amide bonds. The maximum atomic E-state index is 12.7. The zero-order valence-electron chi connectivity index (χ0n) is 15.9. The Morgan fingerprint density at radius 2 is 2.04 bits per heavy atom. The number of carbonyl (C=O) groups excluding carboxylic acids is 1. The minimum atomic E-state index is -0.135. The minimum absolute atomic E-state index is 0. The van der Waals surface area contributed by atoms with Gasteiger partial charge in [0.2, 0.25) is 11.9 Å². The van der Waals surface area contributed by atoms with Crippen LogP contribution in [0.4, 0.5) is 5.95 Å². The van der Waals surface area contributed by atoms with Crippen LogP contribution in [0.3, 0.4) is 0 Å². The van der Waals surface area contributed by atoms with Crippen molar-refractivity contribution in [2.24, 2.45) is 0 Å². The second-order valence-electron chi connectivity index (χ2n) is 8.33. The standard InChI is InChI=1S/C20H28N4O2.CH4/c1-13-9-10-16-18(21-13)24(14-6-4-7-14)19(22-16)23-17(25)12-15-8-5-11-20(2,3)26-15;/h9-10,14-15H,4-8,11-12H2,1-3H3,(H,22,23,25);1H4. The van der Waals surface area contributed by atoms with Gasteiger partial charge >= 0.3 is 0 Å². The number of imidazole rings is 1. The van der Waals surface area contributed by atoms with Crippen LogP contribution in [0.15, 0.2) is 12.1 Å². The Bertz CT molecular complexity index is 823. The van der Waals surface area contributed by atoms with Gasteiger partial charge in [0.15, 0.2) is 5.65 Å². The predicted molar refractivity (Wildman–Crippen MR) is 108 cm³/mol. The summed E-state index contributed by atoms with van der Waals surface area (Å²) in [7, 11) is 0. The van der Waals surface area contributed by atoms with Crippen molar-refractivity contribution in [2.75, 3.05) is 5.32 Å². The lowest BCUT2D eigenvalue weighted by Crippen LogP contribution is -2.37. The number of carbonyl (C=O) groups is 1. The van der Waals surface area contributed by atoms with Gasteiger partial charge in [0.1, 0.15) is 5.52 Å². The summed E-state index contributed by atoms with van der Waals surface area (Å²) in [6, 6.07) is 4.33. The van der Waals surface area contributed by atoms with Gasteiger partial charge in [-0.2, -0.15) is 0 Å². The zero-order chi connectivity index (χ0) is 18.3. The number of ether oxygens (including phenoxy) is 1. The van der Waals surface area contributed by atoms with Gasteiger partial charge in [-0.1, -0.05) is 7.43 Å². The average Bonchev–Trinajstić information content (AvgIpc) is 2.82. The van der Waals surface area contributed by atoms with E-state index in [1.165, 1.54) is 6.42 Å². The Labute approximate surface area is 161 Å². The summed E-state index contributed by atoms with van der Waals surface area (Å²) in [5, 5.41) is 3.04. The molecule has 0 spiro atoms. The summed E-state index contributed by atoms with van der Waals surface area (Å²) < 4.78 is 8.19. The fourth-order valence-electron chi connectivity index (χ4n) is 4.00. The van der Waals surface area contributed by atoms with Gasteiger partial charge in [0, 0.05) is 11.7 Å². The third-order valence-corrected chi connectivity index (χ3v) is 5.57. The number of amides is 1. The highest BCUT2D eigenvalue weighted by molar-refractivity contribution is 5.91. The van der Waals surface area contributed by atoms with E-state index in [2.05, 4.69) is 33.7 Å². The molecule has 1 aliphatic carbocycles. The molecule has 27 heavy (non-hydrogen) atoms. The molecule has 2 aliphatic rings. The van der Waals surface area contributed by atoms with E-state index in [0.29, 0.717) is 18.4 Å². The van der Waals surface area contributed by atoms with Gasteiger partial charge in [-0.25, -0.2) is 9.97 Å². The monoisotopic (exact) mass is 372 g/mol. The normalized spacial score (nSPS) is 22.1. The molecule has 1 saturated heterocycles. The molecule has 2 aromatic heterocycles. The van der Waals surface area contributed by atoms with Crippen LogP contribution in [0, 0.1) is 6.92 Å². The topological polar surface area (TPSA) is 69.0 Å². The number of aryl methyl sites for hydroxylation is 1. The second-order valence-corrected chi connectivity index (χ2v) is 8.33. The summed E-state index contributed by atoms with van der Waals surface area (Å²) in [6.07, 6.45) is 6.91. The SMILES string of the molecule is C.Cc1ccc2nc(NC(=O)CC3CCCC(C)(C)O3)n(C3CCC3)c2n1. The molecule has 0 aromatic carbocycles. The number of hydrogen-bond acceptors (Lipinski definition) is 4. The summed E-state index contributed by atoms with van der Waals surface area (Å²) >= 11 is 0.